The van der Waals surface area contributed by atoms with E-state index in [0.29, 0.717) is 22.4 Å². The van der Waals surface area contributed by atoms with Gasteiger partial charge in [-0.15, -0.1) is 10.2 Å². The van der Waals surface area contributed by atoms with E-state index in [1.807, 2.05) is 0 Å². The van der Waals surface area contributed by atoms with Crippen molar-refractivity contribution in [2.24, 2.45) is 0 Å². The maximum atomic E-state index is 12.6. The van der Waals surface area contributed by atoms with Gasteiger partial charge in [-0.2, -0.15) is 0 Å². The highest BCUT2D eigenvalue weighted by molar-refractivity contribution is 6.35. The first-order valence-electron chi connectivity index (χ1n) is 6.61. The summed E-state index contributed by atoms with van der Waals surface area (Å²) in [7, 11) is 0. The lowest BCUT2D eigenvalue weighted by Crippen LogP contribution is -2.29. The number of imide groups is 1. The second-order valence-corrected chi connectivity index (χ2v) is 4.75. The van der Waals surface area contributed by atoms with Crippen molar-refractivity contribution >= 4 is 17.5 Å². The fourth-order valence-electron chi connectivity index (χ4n) is 2.55. The number of para-hydroxylation sites is 1. The van der Waals surface area contributed by atoms with Crippen molar-refractivity contribution in [3.05, 3.63) is 66.1 Å². The standard InChI is InChI=1S/C16H9N3O3/c20-15-10-5-1-2-6-11(10)16(21)19(15)13-8-4-3-7-12(13)14-18-17-9-22-14/h1-9H. The molecule has 0 atom stereocenters. The number of amides is 2. The molecule has 6 heteroatoms. The van der Waals surface area contributed by atoms with E-state index >= 15 is 0 Å². The molecular weight excluding hydrogens is 282 g/mol. The highest BCUT2D eigenvalue weighted by Gasteiger charge is 2.37. The molecule has 0 aliphatic carbocycles. The lowest BCUT2D eigenvalue weighted by Gasteiger charge is -2.16. The van der Waals surface area contributed by atoms with Gasteiger partial charge in [0.25, 0.3) is 11.8 Å². The molecule has 2 heterocycles. The Labute approximate surface area is 125 Å². The van der Waals surface area contributed by atoms with Gasteiger partial charge in [-0.3, -0.25) is 9.59 Å². The fraction of sp³-hybridized carbons (Fsp3) is 0. The zero-order valence-corrected chi connectivity index (χ0v) is 11.3. The van der Waals surface area contributed by atoms with E-state index in [2.05, 4.69) is 10.2 Å². The number of carbonyl (C=O) groups excluding carboxylic acids is 2. The maximum absolute atomic E-state index is 12.6. The molecule has 2 aromatic carbocycles. The number of nitrogens with zero attached hydrogens (tertiary/aromatic N) is 3. The third-order valence-electron chi connectivity index (χ3n) is 3.53. The Bertz CT molecular complexity index is 852. The minimum Gasteiger partial charge on any atom is -0.423 e. The van der Waals surface area contributed by atoms with E-state index in [1.165, 1.54) is 6.39 Å². The van der Waals surface area contributed by atoms with Crippen molar-refractivity contribution in [1.29, 1.82) is 0 Å². The summed E-state index contributed by atoms with van der Waals surface area (Å²) in [5.41, 5.74) is 1.76. The van der Waals surface area contributed by atoms with E-state index in [9.17, 15) is 9.59 Å². The normalized spacial score (nSPS) is 13.5. The van der Waals surface area contributed by atoms with Crippen LogP contribution in [-0.2, 0) is 0 Å². The molecule has 106 valence electrons. The second-order valence-electron chi connectivity index (χ2n) is 4.75. The molecule has 4 rings (SSSR count). The molecule has 0 radical (unpaired) electrons. The number of hydrogen-bond acceptors (Lipinski definition) is 5. The van der Waals surface area contributed by atoms with Crippen LogP contribution in [0.4, 0.5) is 5.69 Å². The van der Waals surface area contributed by atoms with E-state index in [1.54, 1.807) is 48.5 Å². The molecule has 2 amide bonds. The van der Waals surface area contributed by atoms with Crippen LogP contribution in [0.3, 0.4) is 0 Å². The summed E-state index contributed by atoms with van der Waals surface area (Å²) in [4.78, 5) is 26.3. The molecule has 0 fully saturated rings. The van der Waals surface area contributed by atoms with E-state index in [-0.39, 0.29) is 17.7 Å². The smallest absolute Gasteiger partial charge is 0.266 e. The van der Waals surface area contributed by atoms with Gasteiger partial charge < -0.3 is 4.42 Å². The first kappa shape index (κ1) is 12.5. The Morgan fingerprint density at radius 3 is 2.00 bits per heavy atom. The van der Waals surface area contributed by atoms with Crippen LogP contribution in [0.15, 0.2) is 59.3 Å². The molecule has 22 heavy (non-hydrogen) atoms. The molecule has 6 nitrogen and oxygen atoms in total. The highest BCUT2D eigenvalue weighted by Crippen LogP contribution is 2.34. The molecule has 1 aliphatic heterocycles. The van der Waals surface area contributed by atoms with Crippen molar-refractivity contribution in [2.45, 2.75) is 0 Å². The maximum Gasteiger partial charge on any atom is 0.266 e. The van der Waals surface area contributed by atoms with Crippen LogP contribution in [0.5, 0.6) is 0 Å². The van der Waals surface area contributed by atoms with Crippen LogP contribution in [0, 0.1) is 0 Å². The quantitative estimate of drug-likeness (QED) is 0.678. The van der Waals surface area contributed by atoms with Gasteiger partial charge in [0, 0.05) is 0 Å². The van der Waals surface area contributed by atoms with Gasteiger partial charge in [0.15, 0.2) is 0 Å². The average Bonchev–Trinajstić information content (AvgIpc) is 3.16. The molecular formula is C16H9N3O3. The summed E-state index contributed by atoms with van der Waals surface area (Å²) in [5.74, 6) is -0.452. The number of rotatable bonds is 2. The summed E-state index contributed by atoms with van der Waals surface area (Å²) >= 11 is 0. The Kier molecular flexibility index (Phi) is 2.62. The number of fused-ring (bicyclic) bond motifs is 1. The third-order valence-corrected chi connectivity index (χ3v) is 3.53. The van der Waals surface area contributed by atoms with Gasteiger partial charge in [0.2, 0.25) is 12.3 Å². The van der Waals surface area contributed by atoms with Gasteiger partial charge in [-0.25, -0.2) is 4.90 Å². The third kappa shape index (κ3) is 1.67. The van der Waals surface area contributed by atoms with Gasteiger partial charge >= 0.3 is 0 Å². The topological polar surface area (TPSA) is 76.3 Å². The Balaban J connectivity index is 1.89. The molecule has 0 saturated heterocycles. The van der Waals surface area contributed by atoms with Gasteiger partial charge in [0.1, 0.15) is 0 Å². The minimum absolute atomic E-state index is 0.257. The molecule has 1 aliphatic rings. The van der Waals surface area contributed by atoms with Crippen molar-refractivity contribution in [1.82, 2.24) is 10.2 Å². The summed E-state index contributed by atoms with van der Waals surface area (Å²) in [6.45, 7) is 0. The number of carbonyl (C=O) groups is 2. The second kappa shape index (κ2) is 4.63. The van der Waals surface area contributed by atoms with Gasteiger partial charge in [-0.05, 0) is 24.3 Å². The van der Waals surface area contributed by atoms with Crippen LogP contribution in [0.25, 0.3) is 11.5 Å². The monoisotopic (exact) mass is 291 g/mol. The highest BCUT2D eigenvalue weighted by atomic mass is 16.4. The molecule has 1 aromatic heterocycles. The zero-order valence-electron chi connectivity index (χ0n) is 11.3. The predicted molar refractivity (Wildman–Crippen MR) is 77.3 cm³/mol. The van der Waals surface area contributed by atoms with Crippen LogP contribution in [0.1, 0.15) is 20.7 Å². The van der Waals surface area contributed by atoms with Crippen molar-refractivity contribution < 1.29 is 14.0 Å². The van der Waals surface area contributed by atoms with Crippen LogP contribution < -0.4 is 4.90 Å². The van der Waals surface area contributed by atoms with E-state index in [0.717, 1.165) is 4.90 Å². The first-order valence-corrected chi connectivity index (χ1v) is 6.61. The fourth-order valence-corrected chi connectivity index (χ4v) is 2.55. The van der Waals surface area contributed by atoms with Crippen molar-refractivity contribution in [3.63, 3.8) is 0 Å². The Morgan fingerprint density at radius 2 is 1.41 bits per heavy atom. The Morgan fingerprint density at radius 1 is 0.818 bits per heavy atom. The molecule has 0 saturated carbocycles. The van der Waals surface area contributed by atoms with Crippen LogP contribution in [-0.4, -0.2) is 22.0 Å². The van der Waals surface area contributed by atoms with Crippen molar-refractivity contribution in [3.8, 4) is 11.5 Å². The number of anilines is 1. The number of benzene rings is 2. The summed E-state index contributed by atoms with van der Waals surface area (Å²) in [5, 5.41) is 7.49. The number of hydrogen-bond donors (Lipinski definition) is 0. The summed E-state index contributed by atoms with van der Waals surface area (Å²) < 4.78 is 5.20. The summed E-state index contributed by atoms with van der Waals surface area (Å²) in [6.07, 6.45) is 1.20. The van der Waals surface area contributed by atoms with E-state index < -0.39 is 0 Å². The minimum atomic E-state index is -0.354. The summed E-state index contributed by atoms with van der Waals surface area (Å²) in [6, 6.07) is 13.7. The molecule has 0 unspecified atom stereocenters. The van der Waals surface area contributed by atoms with Gasteiger partial charge in [0.05, 0.1) is 22.4 Å². The molecule has 3 aromatic rings. The lowest BCUT2D eigenvalue weighted by atomic mass is 10.1. The lowest BCUT2D eigenvalue weighted by molar-refractivity contribution is 0.0926. The molecule has 0 bridgehead atoms. The van der Waals surface area contributed by atoms with Crippen LogP contribution in [0.2, 0.25) is 0 Å². The SMILES string of the molecule is O=C1c2ccccc2C(=O)N1c1ccccc1-c1nnco1. The number of aromatic nitrogens is 2. The van der Waals surface area contributed by atoms with Crippen molar-refractivity contribution in [2.75, 3.05) is 4.90 Å². The largest absolute Gasteiger partial charge is 0.423 e. The zero-order chi connectivity index (χ0) is 15.1. The average molecular weight is 291 g/mol. The molecule has 0 N–H and O–H groups in total. The van der Waals surface area contributed by atoms with Gasteiger partial charge in [-0.1, -0.05) is 24.3 Å². The molecule has 0 spiro atoms. The van der Waals surface area contributed by atoms with E-state index in [4.69, 9.17) is 4.42 Å². The predicted octanol–water partition coefficient (Wildman–Crippen LogP) is 2.54. The Hall–Kier alpha value is -3.28. The van der Waals surface area contributed by atoms with Crippen LogP contribution >= 0.6 is 0 Å². The first-order chi connectivity index (χ1) is 10.8.